The van der Waals surface area contributed by atoms with Gasteiger partial charge in [-0.05, 0) is 37.8 Å². The van der Waals surface area contributed by atoms with Crippen LogP contribution in [0.25, 0.3) is 0 Å². The van der Waals surface area contributed by atoms with E-state index in [-0.39, 0.29) is 5.91 Å². The van der Waals surface area contributed by atoms with E-state index >= 15 is 0 Å². The van der Waals surface area contributed by atoms with E-state index in [1.165, 1.54) is 0 Å². The van der Waals surface area contributed by atoms with Gasteiger partial charge in [-0.2, -0.15) is 0 Å². The Hall–Kier alpha value is -1.39. The van der Waals surface area contributed by atoms with E-state index in [1.54, 1.807) is 22.8 Å². The van der Waals surface area contributed by atoms with Crippen molar-refractivity contribution in [2.75, 3.05) is 0 Å². The fourth-order valence-corrected chi connectivity index (χ4v) is 9.22. The van der Waals surface area contributed by atoms with Crippen molar-refractivity contribution >= 4 is 36.5 Å². The smallest absolute Gasteiger partial charge is 0.246 e. The third-order valence-corrected chi connectivity index (χ3v) is 8.90. The Morgan fingerprint density at radius 3 is 1.92 bits per heavy atom. The summed E-state index contributed by atoms with van der Waals surface area (Å²) in [6, 6.07) is 7.07. The lowest BCUT2D eigenvalue weighted by Gasteiger charge is -2.46. The number of benzene rings is 1. The summed E-state index contributed by atoms with van der Waals surface area (Å²) < 4.78 is 7.61. The van der Waals surface area contributed by atoms with Gasteiger partial charge in [0.25, 0.3) is 0 Å². The molecule has 1 atom stereocenters. The zero-order valence-electron chi connectivity index (χ0n) is 17.5. The van der Waals surface area contributed by atoms with Crippen molar-refractivity contribution in [2.45, 2.75) is 64.6 Å². The van der Waals surface area contributed by atoms with Gasteiger partial charge in [0.15, 0.2) is 8.24 Å². The standard InChI is InChI=1S/C18H33NO4Si3/c1-24(2,3)17(18(21)22)19(25(4,5)6)16(20)14-11-10-12-15(13-14)23-26(7,8)9/h10-13,17H,1-9H3,(H,21,22)/p-1. The number of carboxylic acids is 1. The Morgan fingerprint density at radius 2 is 1.54 bits per heavy atom. The molecule has 0 aliphatic carbocycles. The minimum atomic E-state index is -2.27. The number of aliphatic carboxylic acids is 1. The molecular formula is C18H32NO4Si3-. The van der Waals surface area contributed by atoms with Crippen molar-refractivity contribution in [1.29, 1.82) is 0 Å². The summed E-state index contributed by atoms with van der Waals surface area (Å²) in [6.07, 6.45) is 0. The second kappa shape index (κ2) is 7.69. The van der Waals surface area contributed by atoms with E-state index < -0.39 is 36.3 Å². The maximum Gasteiger partial charge on any atom is 0.246 e. The van der Waals surface area contributed by atoms with Gasteiger partial charge in [-0.15, -0.1) is 0 Å². The quantitative estimate of drug-likeness (QED) is 0.647. The van der Waals surface area contributed by atoms with Crippen molar-refractivity contribution in [3.63, 3.8) is 0 Å². The first-order valence-electron chi connectivity index (χ1n) is 8.87. The monoisotopic (exact) mass is 410 g/mol. The lowest BCUT2D eigenvalue weighted by molar-refractivity contribution is -0.307. The average Bonchev–Trinajstić information content (AvgIpc) is 2.39. The van der Waals surface area contributed by atoms with Crippen LogP contribution in [0, 0.1) is 0 Å². The van der Waals surface area contributed by atoms with Gasteiger partial charge in [0.1, 0.15) is 5.75 Å². The Bertz CT molecular complexity index is 672. The highest BCUT2D eigenvalue weighted by Crippen LogP contribution is 2.26. The van der Waals surface area contributed by atoms with Crippen molar-refractivity contribution < 1.29 is 19.1 Å². The predicted molar refractivity (Wildman–Crippen MR) is 112 cm³/mol. The van der Waals surface area contributed by atoms with Crippen LogP contribution in [-0.2, 0) is 4.79 Å². The molecule has 0 aromatic heterocycles. The summed E-state index contributed by atoms with van der Waals surface area (Å²) in [5.74, 6) is -0.750. The SMILES string of the molecule is C[Si](C)(C)Oc1cccc(C(=O)N(C(C(=O)[O-])[Si](C)(C)C)[Si](C)(C)C)c1. The maximum absolute atomic E-state index is 13.3. The summed E-state index contributed by atoms with van der Waals surface area (Å²) in [5.41, 5.74) is -0.393. The van der Waals surface area contributed by atoms with Crippen LogP contribution < -0.4 is 9.53 Å². The van der Waals surface area contributed by atoms with Crippen LogP contribution in [0.15, 0.2) is 24.3 Å². The van der Waals surface area contributed by atoms with Crippen LogP contribution in [0.2, 0.25) is 58.9 Å². The summed E-state index contributed by atoms with van der Waals surface area (Å²) in [6.45, 7) is 18.1. The molecule has 0 aliphatic heterocycles. The fraction of sp³-hybridized carbons (Fsp3) is 0.556. The van der Waals surface area contributed by atoms with Crippen molar-refractivity contribution in [1.82, 2.24) is 4.57 Å². The number of rotatable bonds is 7. The highest BCUT2D eigenvalue weighted by atomic mass is 28.4. The number of nitrogens with zero attached hydrogens (tertiary/aromatic N) is 1. The summed E-state index contributed by atoms with van der Waals surface area (Å²) >= 11 is 0. The van der Waals surface area contributed by atoms with E-state index in [2.05, 4.69) is 19.6 Å². The molecule has 146 valence electrons. The van der Waals surface area contributed by atoms with E-state index in [4.69, 9.17) is 4.43 Å². The first-order valence-corrected chi connectivity index (χ1v) is 19.3. The van der Waals surface area contributed by atoms with Gasteiger partial charge in [0, 0.05) is 5.56 Å². The molecule has 8 heteroatoms. The molecule has 26 heavy (non-hydrogen) atoms. The van der Waals surface area contributed by atoms with Crippen LogP contribution in [0.5, 0.6) is 5.75 Å². The van der Waals surface area contributed by atoms with Crippen molar-refractivity contribution in [2.24, 2.45) is 0 Å². The summed E-state index contributed by atoms with van der Waals surface area (Å²) in [4.78, 5) is 25.3. The molecule has 0 N–H and O–H groups in total. The van der Waals surface area contributed by atoms with Gasteiger partial charge in [0.05, 0.1) is 19.7 Å². The third kappa shape index (κ3) is 6.10. The number of amides is 1. The highest BCUT2D eigenvalue weighted by molar-refractivity contribution is 6.84. The van der Waals surface area contributed by atoms with Gasteiger partial charge in [-0.3, -0.25) is 4.79 Å². The minimum Gasteiger partial charge on any atom is -0.548 e. The van der Waals surface area contributed by atoms with Crippen LogP contribution in [0.1, 0.15) is 10.4 Å². The Labute approximate surface area is 160 Å². The topological polar surface area (TPSA) is 69.7 Å². The molecule has 0 radical (unpaired) electrons. The first kappa shape index (κ1) is 22.7. The molecule has 0 aliphatic rings. The Morgan fingerprint density at radius 1 is 1.00 bits per heavy atom. The first-order chi connectivity index (χ1) is 11.5. The predicted octanol–water partition coefficient (Wildman–Crippen LogP) is 3.17. The lowest BCUT2D eigenvalue weighted by Crippen LogP contribution is -2.68. The molecule has 0 fully saturated rings. The number of carbonyl (C=O) groups is 2. The maximum atomic E-state index is 13.3. The highest BCUT2D eigenvalue weighted by Gasteiger charge is 2.42. The molecular weight excluding hydrogens is 378 g/mol. The number of hydrogen-bond donors (Lipinski definition) is 0. The molecule has 1 amide bonds. The van der Waals surface area contributed by atoms with Crippen LogP contribution in [0.4, 0.5) is 0 Å². The van der Waals surface area contributed by atoms with E-state index in [1.807, 2.05) is 45.3 Å². The zero-order chi connectivity index (χ0) is 20.5. The number of carboxylic acid groups (broad SMARTS) is 1. The van der Waals surface area contributed by atoms with Gasteiger partial charge >= 0.3 is 0 Å². The van der Waals surface area contributed by atoms with Crippen LogP contribution in [-0.4, -0.2) is 46.7 Å². The second-order valence-electron chi connectivity index (χ2n) is 9.68. The van der Waals surface area contributed by atoms with Crippen molar-refractivity contribution in [3.8, 4) is 5.75 Å². The Kier molecular flexibility index (Phi) is 6.70. The van der Waals surface area contributed by atoms with Gasteiger partial charge < -0.3 is 18.9 Å². The molecule has 1 aromatic rings. The van der Waals surface area contributed by atoms with Crippen LogP contribution >= 0.6 is 0 Å². The van der Waals surface area contributed by atoms with Crippen LogP contribution in [0.3, 0.4) is 0 Å². The number of carbonyl (C=O) groups excluding carboxylic acids is 2. The Balaban J connectivity index is 3.39. The normalized spacial score (nSPS) is 13.9. The van der Waals surface area contributed by atoms with E-state index in [9.17, 15) is 14.7 Å². The summed E-state index contributed by atoms with van der Waals surface area (Å²) in [7, 11) is -6.29. The molecule has 0 saturated heterocycles. The van der Waals surface area contributed by atoms with E-state index in [0.29, 0.717) is 11.3 Å². The molecule has 0 saturated carbocycles. The average molecular weight is 411 g/mol. The van der Waals surface area contributed by atoms with E-state index in [0.717, 1.165) is 0 Å². The molecule has 1 unspecified atom stereocenters. The lowest BCUT2D eigenvalue weighted by atomic mass is 10.2. The number of hydrogen-bond acceptors (Lipinski definition) is 4. The summed E-state index contributed by atoms with van der Waals surface area (Å²) in [5, 5.41) is 12.0. The zero-order valence-corrected chi connectivity index (χ0v) is 20.5. The third-order valence-electron chi connectivity index (χ3n) is 3.75. The molecule has 1 aromatic carbocycles. The largest absolute Gasteiger partial charge is 0.548 e. The molecule has 0 bridgehead atoms. The molecule has 0 heterocycles. The van der Waals surface area contributed by atoms with Gasteiger partial charge in [-0.25, -0.2) is 0 Å². The fourth-order valence-electron chi connectivity index (χ4n) is 2.84. The van der Waals surface area contributed by atoms with Crippen molar-refractivity contribution in [3.05, 3.63) is 29.8 Å². The van der Waals surface area contributed by atoms with Gasteiger partial charge in [-0.1, -0.05) is 45.3 Å². The molecule has 5 nitrogen and oxygen atoms in total. The molecule has 1 rings (SSSR count). The second-order valence-corrected chi connectivity index (χ2v) is 24.2. The minimum absolute atomic E-state index is 0.248. The molecule has 0 spiro atoms. The van der Waals surface area contributed by atoms with Gasteiger partial charge in [0.2, 0.25) is 14.2 Å².